The SMILES string of the molecule is CCNCCCCON(CC)CCN(CC)c1ccccc1. The molecule has 0 aliphatic heterocycles. The maximum atomic E-state index is 5.88. The van der Waals surface area contributed by atoms with E-state index in [2.05, 4.69) is 66.4 Å². The van der Waals surface area contributed by atoms with Crippen molar-refractivity contribution >= 4 is 5.69 Å². The number of likely N-dealkylation sites (N-methyl/N-ethyl adjacent to an activating group) is 2. The van der Waals surface area contributed by atoms with Crippen molar-refractivity contribution in [3.63, 3.8) is 0 Å². The zero-order valence-electron chi connectivity index (χ0n) is 14.6. The molecule has 0 aromatic heterocycles. The molecule has 0 fully saturated rings. The number of hydrogen-bond acceptors (Lipinski definition) is 4. The predicted molar refractivity (Wildman–Crippen MR) is 95.3 cm³/mol. The fourth-order valence-corrected chi connectivity index (χ4v) is 2.38. The lowest BCUT2D eigenvalue weighted by molar-refractivity contribution is -0.154. The minimum absolute atomic E-state index is 0.816. The number of rotatable bonds is 13. The molecule has 22 heavy (non-hydrogen) atoms. The Kier molecular flexibility index (Phi) is 10.7. The number of anilines is 1. The first kappa shape index (κ1) is 18.9. The predicted octanol–water partition coefficient (Wildman–Crippen LogP) is 3.16. The van der Waals surface area contributed by atoms with E-state index in [1.54, 1.807) is 0 Å². The van der Waals surface area contributed by atoms with E-state index >= 15 is 0 Å². The van der Waals surface area contributed by atoms with Crippen LogP contribution in [0.25, 0.3) is 0 Å². The number of para-hydroxylation sites is 1. The molecular weight excluding hydrogens is 274 g/mol. The summed E-state index contributed by atoms with van der Waals surface area (Å²) in [5, 5.41) is 5.42. The summed E-state index contributed by atoms with van der Waals surface area (Å²) in [6, 6.07) is 10.6. The van der Waals surface area contributed by atoms with E-state index < -0.39 is 0 Å². The highest BCUT2D eigenvalue weighted by molar-refractivity contribution is 5.45. The van der Waals surface area contributed by atoms with Gasteiger partial charge in [-0.05, 0) is 45.0 Å². The molecule has 4 heteroatoms. The van der Waals surface area contributed by atoms with Crippen LogP contribution in [-0.4, -0.2) is 50.9 Å². The van der Waals surface area contributed by atoms with Gasteiger partial charge in [-0.1, -0.05) is 32.0 Å². The average molecular weight is 307 g/mol. The van der Waals surface area contributed by atoms with Crippen molar-refractivity contribution in [2.75, 3.05) is 50.8 Å². The summed E-state index contributed by atoms with van der Waals surface area (Å²) in [4.78, 5) is 8.27. The van der Waals surface area contributed by atoms with Crippen LogP contribution in [0.2, 0.25) is 0 Å². The lowest BCUT2D eigenvalue weighted by Gasteiger charge is -2.27. The highest BCUT2D eigenvalue weighted by atomic mass is 16.7. The molecule has 1 N–H and O–H groups in total. The summed E-state index contributed by atoms with van der Waals surface area (Å²) >= 11 is 0. The second-order valence-electron chi connectivity index (χ2n) is 5.33. The van der Waals surface area contributed by atoms with Crippen LogP contribution < -0.4 is 10.2 Å². The Balaban J connectivity index is 2.24. The summed E-state index contributed by atoms with van der Waals surface area (Å²) in [5.74, 6) is 0. The van der Waals surface area contributed by atoms with Gasteiger partial charge in [0.1, 0.15) is 0 Å². The maximum Gasteiger partial charge on any atom is 0.0685 e. The van der Waals surface area contributed by atoms with E-state index in [-0.39, 0.29) is 0 Å². The Morgan fingerprint density at radius 3 is 2.36 bits per heavy atom. The van der Waals surface area contributed by atoms with E-state index in [1.807, 2.05) is 0 Å². The Morgan fingerprint density at radius 1 is 0.955 bits per heavy atom. The third-order valence-electron chi connectivity index (χ3n) is 3.75. The average Bonchev–Trinajstić information content (AvgIpc) is 2.57. The standard InChI is InChI=1S/C18H33N3O/c1-4-19-14-10-11-17-22-21(6-3)16-15-20(5-2)18-12-8-7-9-13-18/h7-9,12-13,19H,4-6,10-11,14-17H2,1-3H3. The number of hydroxylamine groups is 2. The van der Waals surface area contributed by atoms with Gasteiger partial charge in [-0.25, -0.2) is 0 Å². The van der Waals surface area contributed by atoms with Gasteiger partial charge in [-0.2, -0.15) is 5.06 Å². The Hall–Kier alpha value is -1.10. The highest BCUT2D eigenvalue weighted by Gasteiger charge is 2.07. The largest absolute Gasteiger partial charge is 0.370 e. The van der Waals surface area contributed by atoms with Gasteiger partial charge in [0.15, 0.2) is 0 Å². The van der Waals surface area contributed by atoms with E-state index in [9.17, 15) is 0 Å². The van der Waals surface area contributed by atoms with Gasteiger partial charge < -0.3 is 10.2 Å². The zero-order chi connectivity index (χ0) is 16.0. The first-order chi connectivity index (χ1) is 10.8. The molecule has 1 aromatic rings. The van der Waals surface area contributed by atoms with Crippen LogP contribution in [0.4, 0.5) is 5.69 Å². The number of hydrogen-bond donors (Lipinski definition) is 1. The van der Waals surface area contributed by atoms with Gasteiger partial charge in [0.2, 0.25) is 0 Å². The van der Waals surface area contributed by atoms with Crippen molar-refractivity contribution in [1.82, 2.24) is 10.4 Å². The molecule has 0 saturated carbocycles. The summed E-state index contributed by atoms with van der Waals surface area (Å²) in [6.45, 7) is 13.3. The topological polar surface area (TPSA) is 27.7 Å². The number of nitrogens with one attached hydrogen (secondary N) is 1. The van der Waals surface area contributed by atoms with Crippen LogP contribution >= 0.6 is 0 Å². The zero-order valence-corrected chi connectivity index (χ0v) is 14.6. The monoisotopic (exact) mass is 307 g/mol. The fourth-order valence-electron chi connectivity index (χ4n) is 2.38. The van der Waals surface area contributed by atoms with Crippen LogP contribution in [-0.2, 0) is 4.84 Å². The maximum absolute atomic E-state index is 5.88. The van der Waals surface area contributed by atoms with E-state index in [0.717, 1.165) is 52.3 Å². The molecule has 0 radical (unpaired) electrons. The summed E-state index contributed by atoms with van der Waals surface area (Å²) in [5.41, 5.74) is 1.28. The molecule has 0 amide bonds. The van der Waals surface area contributed by atoms with Gasteiger partial charge in [-0.15, -0.1) is 0 Å². The van der Waals surface area contributed by atoms with Crippen LogP contribution in [0.15, 0.2) is 30.3 Å². The Morgan fingerprint density at radius 2 is 1.73 bits per heavy atom. The third-order valence-corrected chi connectivity index (χ3v) is 3.75. The van der Waals surface area contributed by atoms with Gasteiger partial charge in [-0.3, -0.25) is 4.84 Å². The molecule has 0 aliphatic rings. The highest BCUT2D eigenvalue weighted by Crippen LogP contribution is 2.12. The smallest absolute Gasteiger partial charge is 0.0685 e. The van der Waals surface area contributed by atoms with Crippen molar-refractivity contribution < 1.29 is 4.84 Å². The van der Waals surface area contributed by atoms with Gasteiger partial charge in [0, 0.05) is 31.9 Å². The number of nitrogens with zero attached hydrogens (tertiary/aromatic N) is 2. The minimum atomic E-state index is 0.816. The fraction of sp³-hybridized carbons (Fsp3) is 0.667. The Labute approximate surface area is 136 Å². The molecule has 126 valence electrons. The van der Waals surface area contributed by atoms with Crippen LogP contribution in [0.1, 0.15) is 33.6 Å². The lowest BCUT2D eigenvalue weighted by atomic mass is 10.3. The molecule has 0 bridgehead atoms. The van der Waals surface area contributed by atoms with Crippen LogP contribution in [0, 0.1) is 0 Å². The van der Waals surface area contributed by atoms with Crippen molar-refractivity contribution in [3.05, 3.63) is 30.3 Å². The minimum Gasteiger partial charge on any atom is -0.370 e. The van der Waals surface area contributed by atoms with Crippen molar-refractivity contribution in [1.29, 1.82) is 0 Å². The van der Waals surface area contributed by atoms with E-state index in [0.29, 0.717) is 0 Å². The second-order valence-corrected chi connectivity index (χ2v) is 5.33. The van der Waals surface area contributed by atoms with E-state index in [1.165, 1.54) is 12.1 Å². The van der Waals surface area contributed by atoms with Crippen molar-refractivity contribution in [2.45, 2.75) is 33.6 Å². The second kappa shape index (κ2) is 12.4. The number of benzene rings is 1. The van der Waals surface area contributed by atoms with Crippen molar-refractivity contribution in [3.8, 4) is 0 Å². The lowest BCUT2D eigenvalue weighted by Crippen LogP contribution is -2.35. The summed E-state index contributed by atoms with van der Waals surface area (Å²) in [6.07, 6.45) is 2.29. The summed E-state index contributed by atoms with van der Waals surface area (Å²) < 4.78 is 0. The molecule has 0 unspecified atom stereocenters. The first-order valence-corrected chi connectivity index (χ1v) is 8.70. The van der Waals surface area contributed by atoms with Crippen LogP contribution in [0.5, 0.6) is 0 Å². The molecule has 1 aromatic carbocycles. The first-order valence-electron chi connectivity index (χ1n) is 8.70. The quantitative estimate of drug-likeness (QED) is 0.447. The summed E-state index contributed by atoms with van der Waals surface area (Å²) in [7, 11) is 0. The molecule has 4 nitrogen and oxygen atoms in total. The molecule has 0 atom stereocenters. The molecule has 0 aliphatic carbocycles. The molecule has 0 spiro atoms. The van der Waals surface area contributed by atoms with Gasteiger partial charge in [0.05, 0.1) is 6.61 Å². The number of unbranched alkanes of at least 4 members (excludes halogenated alkanes) is 1. The van der Waals surface area contributed by atoms with Crippen molar-refractivity contribution in [2.24, 2.45) is 0 Å². The molecule has 0 saturated heterocycles. The molecule has 0 heterocycles. The molecular formula is C18H33N3O. The van der Waals surface area contributed by atoms with Gasteiger partial charge in [0.25, 0.3) is 0 Å². The van der Waals surface area contributed by atoms with E-state index in [4.69, 9.17) is 4.84 Å². The van der Waals surface area contributed by atoms with Crippen LogP contribution in [0.3, 0.4) is 0 Å². The normalized spacial score (nSPS) is 11.1. The van der Waals surface area contributed by atoms with Gasteiger partial charge >= 0.3 is 0 Å². The third kappa shape index (κ3) is 7.78. The molecule has 1 rings (SSSR count). The Bertz CT molecular complexity index is 359.